The van der Waals surface area contributed by atoms with E-state index in [0.717, 1.165) is 11.8 Å². The zero-order valence-electron chi connectivity index (χ0n) is 10.8. The molecule has 1 heteroatoms. The number of hydrogen-bond donors (Lipinski definition) is 0. The fourth-order valence-electron chi connectivity index (χ4n) is 5.83. The normalized spacial score (nSPS) is 43.2. The Morgan fingerprint density at radius 1 is 1.11 bits per heavy atom. The summed E-state index contributed by atoms with van der Waals surface area (Å²) in [6.45, 7) is 0. The third-order valence-electron chi connectivity index (χ3n) is 6.28. The summed E-state index contributed by atoms with van der Waals surface area (Å²) in [4.78, 5) is 0. The van der Waals surface area contributed by atoms with Crippen LogP contribution < -0.4 is 4.74 Å². The Hall–Kier alpha value is -0.980. The molecule has 2 bridgehead atoms. The maximum absolute atomic E-state index is 6.38. The molecule has 2 saturated carbocycles. The predicted octanol–water partition coefficient (Wildman–Crippen LogP) is 3.84. The monoisotopic (exact) mass is 240 g/mol. The minimum Gasteiger partial charge on any atom is -0.489 e. The van der Waals surface area contributed by atoms with Crippen molar-refractivity contribution in [3.8, 4) is 5.75 Å². The van der Waals surface area contributed by atoms with E-state index in [1.165, 1.54) is 50.7 Å². The van der Waals surface area contributed by atoms with Gasteiger partial charge in [0.15, 0.2) is 0 Å². The van der Waals surface area contributed by atoms with Gasteiger partial charge in [0, 0.05) is 11.0 Å². The molecule has 1 aromatic rings. The molecule has 94 valence electrons. The van der Waals surface area contributed by atoms with Crippen LogP contribution in [0, 0.1) is 11.8 Å². The van der Waals surface area contributed by atoms with Crippen molar-refractivity contribution >= 4 is 0 Å². The van der Waals surface area contributed by atoms with Gasteiger partial charge in [-0.15, -0.1) is 0 Å². The van der Waals surface area contributed by atoms with Gasteiger partial charge in [0.25, 0.3) is 0 Å². The third kappa shape index (κ3) is 0.941. The van der Waals surface area contributed by atoms with E-state index < -0.39 is 0 Å². The lowest BCUT2D eigenvalue weighted by Crippen LogP contribution is -2.55. The van der Waals surface area contributed by atoms with Gasteiger partial charge in [-0.2, -0.15) is 0 Å². The molecular weight excluding hydrogens is 220 g/mol. The van der Waals surface area contributed by atoms with Crippen LogP contribution in [0.15, 0.2) is 18.2 Å². The minimum atomic E-state index is 0.436. The summed E-state index contributed by atoms with van der Waals surface area (Å²) in [6.07, 6.45) is 10.2. The zero-order valence-corrected chi connectivity index (χ0v) is 10.8. The van der Waals surface area contributed by atoms with E-state index >= 15 is 0 Å². The Balaban J connectivity index is 1.83. The van der Waals surface area contributed by atoms with Gasteiger partial charge in [0.05, 0.1) is 0 Å². The molecule has 1 nitrogen and oxygen atoms in total. The first-order chi connectivity index (χ1) is 8.89. The Labute approximate surface area is 109 Å². The van der Waals surface area contributed by atoms with Crippen molar-refractivity contribution in [3.63, 3.8) is 0 Å². The van der Waals surface area contributed by atoms with Gasteiger partial charge in [-0.3, -0.25) is 0 Å². The first-order valence-electron chi connectivity index (χ1n) is 7.68. The highest BCUT2D eigenvalue weighted by molar-refractivity contribution is 5.53. The molecule has 1 aliphatic heterocycles. The van der Waals surface area contributed by atoms with E-state index in [2.05, 4.69) is 18.2 Å². The van der Waals surface area contributed by atoms with Gasteiger partial charge in [0.1, 0.15) is 11.9 Å². The first kappa shape index (κ1) is 9.89. The van der Waals surface area contributed by atoms with E-state index in [9.17, 15) is 0 Å². The second kappa shape index (κ2) is 3.12. The number of ether oxygens (including phenoxy) is 1. The number of hydrogen-bond acceptors (Lipinski definition) is 1. The molecule has 0 saturated heterocycles. The lowest BCUT2D eigenvalue weighted by atomic mass is 9.48. The van der Waals surface area contributed by atoms with Crippen LogP contribution in [0.25, 0.3) is 0 Å². The van der Waals surface area contributed by atoms with Crippen LogP contribution in [0.1, 0.15) is 49.7 Å². The second-order valence-corrected chi connectivity index (χ2v) is 6.83. The van der Waals surface area contributed by atoms with Crippen LogP contribution >= 0.6 is 0 Å². The molecule has 0 amide bonds. The van der Waals surface area contributed by atoms with Crippen LogP contribution in [-0.4, -0.2) is 6.10 Å². The lowest BCUT2D eigenvalue weighted by molar-refractivity contribution is -0.0139. The van der Waals surface area contributed by atoms with Crippen LogP contribution in [0.4, 0.5) is 0 Å². The van der Waals surface area contributed by atoms with Gasteiger partial charge in [-0.25, -0.2) is 0 Å². The quantitative estimate of drug-likeness (QED) is 0.669. The van der Waals surface area contributed by atoms with E-state index in [1.54, 1.807) is 11.1 Å². The fraction of sp³-hybridized carbons (Fsp3) is 0.647. The maximum atomic E-state index is 6.38. The molecule has 5 rings (SSSR count). The molecule has 1 aromatic carbocycles. The second-order valence-electron chi connectivity index (χ2n) is 6.83. The first-order valence-corrected chi connectivity index (χ1v) is 7.68. The SMILES string of the molecule is c1cc2c3c(c1)OC1CCCC4[C@H](CCCC314)C2. The van der Waals surface area contributed by atoms with E-state index in [1.807, 2.05) is 0 Å². The highest BCUT2D eigenvalue weighted by atomic mass is 16.5. The van der Waals surface area contributed by atoms with Crippen LogP contribution in [0.5, 0.6) is 5.75 Å². The molecule has 0 radical (unpaired) electrons. The standard InChI is InChI=1S/C17H20O/c1-4-12-10-11-5-3-9-17-13(11)6-2-8-15(17)18-14(7-1)16(12)17/h1,4,7,11,13,15H,2-3,5-6,8-10H2/t11-,13?,15?,17?/m1/s1. The summed E-state index contributed by atoms with van der Waals surface area (Å²) in [5.41, 5.74) is 3.71. The van der Waals surface area contributed by atoms with Crippen LogP contribution in [-0.2, 0) is 11.8 Å². The number of benzene rings is 1. The van der Waals surface area contributed by atoms with E-state index in [4.69, 9.17) is 4.74 Å². The van der Waals surface area contributed by atoms with E-state index in [-0.39, 0.29) is 0 Å². The highest BCUT2D eigenvalue weighted by Gasteiger charge is 2.61. The van der Waals surface area contributed by atoms with Crippen molar-refractivity contribution in [2.75, 3.05) is 0 Å². The largest absolute Gasteiger partial charge is 0.489 e. The van der Waals surface area contributed by atoms with E-state index in [0.29, 0.717) is 11.5 Å². The average molecular weight is 240 g/mol. The molecule has 3 unspecified atom stereocenters. The van der Waals surface area contributed by atoms with Crippen molar-refractivity contribution in [2.45, 2.75) is 56.5 Å². The van der Waals surface area contributed by atoms with Gasteiger partial charge >= 0.3 is 0 Å². The van der Waals surface area contributed by atoms with Crippen molar-refractivity contribution in [1.82, 2.24) is 0 Å². The minimum absolute atomic E-state index is 0.436. The smallest absolute Gasteiger partial charge is 0.123 e. The molecule has 3 aliphatic carbocycles. The molecule has 4 aliphatic rings. The molecule has 1 heterocycles. The summed E-state index contributed by atoms with van der Waals surface area (Å²) in [6, 6.07) is 6.80. The number of rotatable bonds is 0. The predicted molar refractivity (Wildman–Crippen MR) is 70.9 cm³/mol. The molecule has 4 atom stereocenters. The Bertz CT molecular complexity index is 520. The third-order valence-corrected chi connectivity index (χ3v) is 6.28. The molecule has 1 spiro atoms. The topological polar surface area (TPSA) is 9.23 Å². The summed E-state index contributed by atoms with van der Waals surface area (Å²) in [7, 11) is 0. The van der Waals surface area contributed by atoms with Gasteiger partial charge < -0.3 is 4.74 Å². The van der Waals surface area contributed by atoms with Gasteiger partial charge in [0.2, 0.25) is 0 Å². The maximum Gasteiger partial charge on any atom is 0.123 e. The van der Waals surface area contributed by atoms with Crippen LogP contribution in [0.3, 0.4) is 0 Å². The summed E-state index contributed by atoms with van der Waals surface area (Å²) >= 11 is 0. The molecule has 2 fully saturated rings. The summed E-state index contributed by atoms with van der Waals surface area (Å²) < 4.78 is 6.38. The molecular formula is C17H20O. The van der Waals surface area contributed by atoms with Crippen LogP contribution in [0.2, 0.25) is 0 Å². The van der Waals surface area contributed by atoms with Crippen molar-refractivity contribution in [3.05, 3.63) is 29.3 Å². The van der Waals surface area contributed by atoms with Gasteiger partial charge in [-0.1, -0.05) is 18.6 Å². The molecule has 18 heavy (non-hydrogen) atoms. The Kier molecular flexibility index (Phi) is 1.72. The summed E-state index contributed by atoms with van der Waals surface area (Å²) in [5.74, 6) is 3.12. The highest BCUT2D eigenvalue weighted by Crippen LogP contribution is 2.64. The lowest BCUT2D eigenvalue weighted by Gasteiger charge is -2.54. The fourth-order valence-corrected chi connectivity index (χ4v) is 5.83. The molecule has 0 N–H and O–H groups in total. The Morgan fingerprint density at radius 2 is 2.11 bits per heavy atom. The molecule has 0 aromatic heterocycles. The average Bonchev–Trinajstić information content (AvgIpc) is 2.70. The Morgan fingerprint density at radius 3 is 3.11 bits per heavy atom. The summed E-state index contributed by atoms with van der Waals surface area (Å²) in [5, 5.41) is 0. The van der Waals surface area contributed by atoms with Crippen molar-refractivity contribution in [1.29, 1.82) is 0 Å². The zero-order chi connectivity index (χ0) is 11.7. The van der Waals surface area contributed by atoms with Crippen molar-refractivity contribution in [2.24, 2.45) is 11.8 Å². The van der Waals surface area contributed by atoms with Gasteiger partial charge in [-0.05, 0) is 62.0 Å². The van der Waals surface area contributed by atoms with Crippen molar-refractivity contribution < 1.29 is 4.74 Å².